The molecule has 3 unspecified atom stereocenters. The van der Waals surface area contributed by atoms with E-state index in [4.69, 9.17) is 0 Å². The Hall–Kier alpha value is -3.43. The van der Waals surface area contributed by atoms with Crippen molar-refractivity contribution in [2.45, 2.75) is 38.4 Å². The van der Waals surface area contributed by atoms with E-state index >= 15 is 0 Å². The summed E-state index contributed by atoms with van der Waals surface area (Å²) in [4.78, 5) is 66.9. The second-order valence-electron chi connectivity index (χ2n) is 8.52. The average molecular weight is 441 g/mol. The van der Waals surface area contributed by atoms with E-state index in [2.05, 4.69) is 17.6 Å². The third kappa shape index (κ3) is 3.80. The quantitative estimate of drug-likeness (QED) is 0.487. The molecule has 32 heavy (non-hydrogen) atoms. The first-order valence-electron chi connectivity index (χ1n) is 10.9. The highest BCUT2D eigenvalue weighted by Gasteiger charge is 2.52. The first kappa shape index (κ1) is 21.8. The second kappa shape index (κ2) is 8.60. The van der Waals surface area contributed by atoms with Gasteiger partial charge in [-0.1, -0.05) is 37.3 Å². The molecule has 0 bridgehead atoms. The Balaban J connectivity index is 1.49. The molecule has 10 heteroatoms. The summed E-state index contributed by atoms with van der Waals surface area (Å²) in [6, 6.07) is 6.01. The van der Waals surface area contributed by atoms with Crippen molar-refractivity contribution in [2.24, 2.45) is 5.92 Å². The van der Waals surface area contributed by atoms with Crippen LogP contribution >= 0.6 is 0 Å². The van der Waals surface area contributed by atoms with Gasteiger partial charge in [0.2, 0.25) is 11.8 Å². The standard InChI is InChI=1S/C22H27N5O5/c1-3-25-9-10-26(21(31)20(25)30)22(32)24-16(14-7-5-4-6-8-14)18(28)23-17-15-11-13(2)12-27(15)19(17)29/h4-8,13,15-17H,3,9-12H2,1-2H3,(H,23,28)(H,24,32)/t13?,15-,16?,17?/m1/s1. The summed E-state index contributed by atoms with van der Waals surface area (Å²) < 4.78 is 0. The molecule has 3 heterocycles. The van der Waals surface area contributed by atoms with Crippen LogP contribution in [0.1, 0.15) is 31.9 Å². The Morgan fingerprint density at radius 3 is 2.50 bits per heavy atom. The Morgan fingerprint density at radius 1 is 1.09 bits per heavy atom. The number of imide groups is 1. The highest BCUT2D eigenvalue weighted by Crippen LogP contribution is 2.34. The molecule has 0 radical (unpaired) electrons. The molecule has 170 valence electrons. The van der Waals surface area contributed by atoms with Crippen LogP contribution in [0.15, 0.2) is 30.3 Å². The van der Waals surface area contributed by atoms with Crippen LogP contribution in [0.4, 0.5) is 4.79 Å². The largest absolute Gasteiger partial charge is 0.340 e. The fraction of sp³-hybridized carbons (Fsp3) is 0.500. The second-order valence-corrected chi connectivity index (χ2v) is 8.52. The molecule has 4 atom stereocenters. The summed E-state index contributed by atoms with van der Waals surface area (Å²) in [5.41, 5.74) is 0.507. The van der Waals surface area contributed by atoms with E-state index < -0.39 is 35.8 Å². The Bertz CT molecular complexity index is 951. The van der Waals surface area contributed by atoms with Crippen molar-refractivity contribution in [1.29, 1.82) is 0 Å². The number of hydrogen-bond donors (Lipinski definition) is 2. The lowest BCUT2D eigenvalue weighted by molar-refractivity contribution is -0.153. The van der Waals surface area contributed by atoms with Crippen molar-refractivity contribution in [1.82, 2.24) is 25.3 Å². The number of amides is 6. The summed E-state index contributed by atoms with van der Waals surface area (Å²) >= 11 is 0. The van der Waals surface area contributed by atoms with Gasteiger partial charge in [-0.05, 0) is 24.8 Å². The number of carbonyl (C=O) groups is 5. The summed E-state index contributed by atoms with van der Waals surface area (Å²) in [7, 11) is 0. The van der Waals surface area contributed by atoms with E-state index in [-0.39, 0.29) is 25.0 Å². The molecular weight excluding hydrogens is 414 g/mol. The lowest BCUT2D eigenvalue weighted by Gasteiger charge is -2.43. The lowest BCUT2D eigenvalue weighted by atomic mass is 9.94. The van der Waals surface area contributed by atoms with Crippen molar-refractivity contribution in [3.8, 4) is 0 Å². The molecular formula is C22H27N5O5. The number of nitrogens with zero attached hydrogens (tertiary/aromatic N) is 3. The van der Waals surface area contributed by atoms with Crippen LogP contribution in [0.25, 0.3) is 0 Å². The number of piperazine rings is 1. The first-order valence-corrected chi connectivity index (χ1v) is 10.9. The number of β-lactam (4-membered cyclic amide) rings is 1. The number of benzene rings is 1. The molecule has 3 aliphatic rings. The normalized spacial score (nSPS) is 25.9. The van der Waals surface area contributed by atoms with E-state index in [0.717, 1.165) is 11.3 Å². The van der Waals surface area contributed by atoms with Crippen LogP contribution in [0.5, 0.6) is 0 Å². The molecule has 10 nitrogen and oxygen atoms in total. The van der Waals surface area contributed by atoms with Crippen LogP contribution in [0.2, 0.25) is 0 Å². The monoisotopic (exact) mass is 441 g/mol. The fourth-order valence-electron chi connectivity index (χ4n) is 4.63. The van der Waals surface area contributed by atoms with Crippen molar-refractivity contribution in [3.05, 3.63) is 35.9 Å². The van der Waals surface area contributed by atoms with Crippen molar-refractivity contribution < 1.29 is 24.0 Å². The van der Waals surface area contributed by atoms with Crippen LogP contribution in [-0.2, 0) is 19.2 Å². The molecule has 3 fully saturated rings. The molecule has 1 aromatic rings. The topological polar surface area (TPSA) is 119 Å². The van der Waals surface area contributed by atoms with Crippen molar-refractivity contribution in [2.75, 3.05) is 26.2 Å². The molecule has 0 aliphatic carbocycles. The van der Waals surface area contributed by atoms with E-state index in [1.807, 2.05) is 0 Å². The third-order valence-electron chi connectivity index (χ3n) is 6.38. The molecule has 6 amide bonds. The smallest absolute Gasteiger partial charge is 0.325 e. The van der Waals surface area contributed by atoms with E-state index in [1.54, 1.807) is 42.2 Å². The number of fused-ring (bicyclic) bond motifs is 1. The number of hydrogen-bond acceptors (Lipinski definition) is 5. The van der Waals surface area contributed by atoms with Gasteiger partial charge in [0.15, 0.2) is 0 Å². The predicted octanol–water partition coefficient (Wildman–Crippen LogP) is -0.137. The lowest BCUT2D eigenvalue weighted by Crippen LogP contribution is -2.69. The maximum absolute atomic E-state index is 13.1. The highest BCUT2D eigenvalue weighted by atomic mass is 16.2. The zero-order valence-electron chi connectivity index (χ0n) is 18.1. The summed E-state index contributed by atoms with van der Waals surface area (Å²) in [6.07, 6.45) is 0.817. The molecule has 4 rings (SSSR count). The molecule has 1 aromatic carbocycles. The van der Waals surface area contributed by atoms with Gasteiger partial charge in [-0.15, -0.1) is 0 Å². The first-order chi connectivity index (χ1) is 15.3. The third-order valence-corrected chi connectivity index (χ3v) is 6.38. The number of urea groups is 1. The van der Waals surface area contributed by atoms with E-state index in [0.29, 0.717) is 24.6 Å². The van der Waals surface area contributed by atoms with E-state index in [9.17, 15) is 24.0 Å². The van der Waals surface area contributed by atoms with Crippen LogP contribution < -0.4 is 10.6 Å². The van der Waals surface area contributed by atoms with Gasteiger partial charge in [0.1, 0.15) is 12.1 Å². The molecule has 0 saturated carbocycles. The fourth-order valence-corrected chi connectivity index (χ4v) is 4.63. The van der Waals surface area contributed by atoms with Gasteiger partial charge >= 0.3 is 17.8 Å². The number of nitrogens with one attached hydrogen (secondary N) is 2. The molecule has 3 saturated heterocycles. The minimum absolute atomic E-state index is 0.0325. The zero-order valence-corrected chi connectivity index (χ0v) is 18.1. The van der Waals surface area contributed by atoms with Crippen molar-refractivity contribution in [3.63, 3.8) is 0 Å². The van der Waals surface area contributed by atoms with Gasteiger partial charge < -0.3 is 20.4 Å². The van der Waals surface area contributed by atoms with Gasteiger partial charge in [0.25, 0.3) is 0 Å². The number of carbonyl (C=O) groups excluding carboxylic acids is 5. The number of likely N-dealkylation sites (N-methyl/N-ethyl adjacent to an activating group) is 1. The van der Waals surface area contributed by atoms with Crippen molar-refractivity contribution >= 4 is 29.7 Å². The molecule has 3 aliphatic heterocycles. The predicted molar refractivity (Wildman–Crippen MR) is 113 cm³/mol. The van der Waals surface area contributed by atoms with E-state index in [1.165, 1.54) is 4.90 Å². The average Bonchev–Trinajstić information content (AvgIpc) is 3.15. The highest BCUT2D eigenvalue weighted by molar-refractivity contribution is 6.38. The summed E-state index contributed by atoms with van der Waals surface area (Å²) in [5, 5.41) is 5.36. The van der Waals surface area contributed by atoms with Crippen LogP contribution in [0.3, 0.4) is 0 Å². The summed E-state index contributed by atoms with van der Waals surface area (Å²) in [6.45, 7) is 5.17. The maximum atomic E-state index is 13.1. The Kier molecular flexibility index (Phi) is 5.86. The Morgan fingerprint density at radius 2 is 1.81 bits per heavy atom. The molecule has 2 N–H and O–H groups in total. The van der Waals surface area contributed by atoms with Gasteiger partial charge in [-0.2, -0.15) is 0 Å². The van der Waals surface area contributed by atoms with Gasteiger partial charge in [0.05, 0.1) is 6.04 Å². The van der Waals surface area contributed by atoms with Gasteiger partial charge in [-0.25, -0.2) is 4.79 Å². The van der Waals surface area contributed by atoms with Crippen LogP contribution in [-0.4, -0.2) is 82.6 Å². The molecule has 0 aromatic heterocycles. The van der Waals surface area contributed by atoms with Gasteiger partial charge in [0, 0.05) is 26.2 Å². The zero-order chi connectivity index (χ0) is 23.0. The maximum Gasteiger partial charge on any atom is 0.325 e. The van der Waals surface area contributed by atoms with Gasteiger partial charge in [-0.3, -0.25) is 24.1 Å². The summed E-state index contributed by atoms with van der Waals surface area (Å²) in [5.74, 6) is -1.95. The minimum Gasteiger partial charge on any atom is -0.340 e. The Labute approximate surface area is 185 Å². The SMILES string of the molecule is CCN1CCN(C(=O)NC(C(=O)NC2C(=O)N3CC(C)C[C@H]23)c2ccccc2)C(=O)C1=O. The van der Waals surface area contributed by atoms with Crippen LogP contribution in [0, 0.1) is 5.92 Å². The minimum atomic E-state index is -1.11. The number of rotatable bonds is 5. The molecule has 0 spiro atoms.